The van der Waals surface area contributed by atoms with Gasteiger partial charge in [-0.3, -0.25) is 0 Å². The quantitative estimate of drug-likeness (QED) is 0.903. The highest BCUT2D eigenvalue weighted by Crippen LogP contribution is 2.40. The number of rotatable bonds is 5. The van der Waals surface area contributed by atoms with Crippen LogP contribution < -0.4 is 4.74 Å². The number of likely N-dealkylation sites (N-methyl/N-ethyl adjacent to an activating group) is 1. The molecule has 2 rings (SSSR count). The van der Waals surface area contributed by atoms with Crippen LogP contribution in [0.5, 0.6) is 5.75 Å². The monoisotopic (exact) mass is 286 g/mol. The van der Waals surface area contributed by atoms with E-state index in [-0.39, 0.29) is 24.2 Å². The molecule has 1 aromatic carbocycles. The maximum Gasteiger partial charge on any atom is 0.118 e. The molecule has 0 aromatic heterocycles. The molecule has 1 aliphatic carbocycles. The van der Waals surface area contributed by atoms with Crippen molar-refractivity contribution in [2.45, 2.75) is 43.6 Å². The van der Waals surface area contributed by atoms with Crippen LogP contribution >= 0.6 is 0 Å². The normalized spacial score (nSPS) is 30.1. The van der Waals surface area contributed by atoms with Gasteiger partial charge in [-0.1, -0.05) is 31.4 Å². The van der Waals surface area contributed by atoms with Crippen molar-refractivity contribution in [3.05, 3.63) is 29.8 Å². The second-order valence-corrected chi connectivity index (χ2v) is 5.26. The standard InChI is InChI=1S/C17H27NO2/c1-18(2)13-16(17(19)11-5-4-6-12-17)14-7-9-15(20-3)10-8-14/h7-10,16,19H,4-6,11-13H2,1-3H3/t16-/m1/s1/i1D3,3D3,13D2,16D. The SMILES string of the molecule is [2H]C([2H])([2H])Oc1ccc([C@]([2H])(C2(O)CCCCC2)C([2H])([2H])N(C)C([2H])([2H])[2H])cc1. The third kappa shape index (κ3) is 3.53. The Kier molecular flexibility index (Phi) is 2.40. The summed E-state index contributed by atoms with van der Waals surface area (Å²) in [6.07, 6.45) is 2.31. The fourth-order valence-electron chi connectivity index (χ4n) is 2.68. The Hall–Kier alpha value is -1.06. The Labute approximate surface area is 135 Å². The van der Waals surface area contributed by atoms with Gasteiger partial charge in [0.2, 0.25) is 0 Å². The lowest BCUT2D eigenvalue weighted by Gasteiger charge is -2.40. The van der Waals surface area contributed by atoms with Gasteiger partial charge in [-0.05, 0) is 44.6 Å². The molecule has 0 spiro atoms. The molecule has 0 saturated heterocycles. The van der Waals surface area contributed by atoms with Crippen LogP contribution in [0, 0.1) is 0 Å². The van der Waals surface area contributed by atoms with E-state index in [0.717, 1.165) is 13.5 Å². The third-order valence-corrected chi connectivity index (χ3v) is 3.69. The van der Waals surface area contributed by atoms with Crippen LogP contribution in [0.1, 0.15) is 55.9 Å². The first-order valence-electron chi connectivity index (χ1n) is 11.3. The van der Waals surface area contributed by atoms with E-state index >= 15 is 0 Å². The van der Waals surface area contributed by atoms with Gasteiger partial charge >= 0.3 is 0 Å². The Morgan fingerprint density at radius 3 is 2.70 bits per heavy atom. The highest BCUT2D eigenvalue weighted by molar-refractivity contribution is 5.31. The van der Waals surface area contributed by atoms with Gasteiger partial charge in [0.1, 0.15) is 5.75 Å². The first kappa shape index (κ1) is 7.28. The minimum atomic E-state index is -2.83. The van der Waals surface area contributed by atoms with E-state index in [0.29, 0.717) is 17.7 Å². The molecule has 3 nitrogen and oxygen atoms in total. The molecule has 1 aromatic rings. The second-order valence-electron chi connectivity index (χ2n) is 5.26. The van der Waals surface area contributed by atoms with Gasteiger partial charge in [0, 0.05) is 20.6 Å². The molecule has 1 atom stereocenters. The smallest absolute Gasteiger partial charge is 0.118 e. The van der Waals surface area contributed by atoms with Crippen molar-refractivity contribution in [1.82, 2.24) is 4.90 Å². The second kappa shape index (κ2) is 6.59. The van der Waals surface area contributed by atoms with Crippen LogP contribution in [0.25, 0.3) is 0 Å². The Bertz CT molecular complexity index is 696. The molecule has 0 heterocycles. The zero-order valence-corrected chi connectivity index (χ0v) is 11.6. The number of nitrogens with zero attached hydrogens (tertiary/aromatic N) is 1. The molecule has 1 N–H and O–H groups in total. The van der Waals surface area contributed by atoms with Crippen LogP contribution in [-0.4, -0.2) is 43.2 Å². The number of benzene rings is 1. The van der Waals surface area contributed by atoms with Gasteiger partial charge in [0.25, 0.3) is 0 Å². The maximum absolute atomic E-state index is 11.4. The van der Waals surface area contributed by atoms with Crippen molar-refractivity contribution in [2.75, 3.05) is 27.6 Å². The van der Waals surface area contributed by atoms with Crippen molar-refractivity contribution in [1.29, 1.82) is 0 Å². The first-order chi connectivity index (χ1) is 13.0. The third-order valence-electron chi connectivity index (χ3n) is 3.69. The van der Waals surface area contributed by atoms with E-state index in [4.69, 9.17) is 17.1 Å². The summed E-state index contributed by atoms with van der Waals surface area (Å²) >= 11 is 0. The maximum atomic E-state index is 11.4. The topological polar surface area (TPSA) is 32.7 Å². The summed E-state index contributed by atoms with van der Waals surface area (Å²) in [5.74, 6) is -2.35. The Morgan fingerprint density at radius 1 is 1.40 bits per heavy atom. The summed E-state index contributed by atoms with van der Waals surface area (Å²) < 4.78 is 75.5. The number of hydrogen-bond donors (Lipinski definition) is 1. The summed E-state index contributed by atoms with van der Waals surface area (Å²) in [6, 6.07) is 5.18. The Balaban J connectivity index is 2.59. The first-order valence-corrected chi connectivity index (χ1v) is 6.80. The number of ether oxygens (including phenoxy) is 1. The molecule has 0 amide bonds. The molecule has 1 saturated carbocycles. The summed E-state index contributed by atoms with van der Waals surface area (Å²) in [7, 11) is -1.61. The predicted octanol–water partition coefficient (Wildman–Crippen LogP) is 3.04. The average Bonchev–Trinajstić information content (AvgIpc) is 2.59. The highest BCUT2D eigenvalue weighted by atomic mass is 16.5. The largest absolute Gasteiger partial charge is 0.497 e. The molecule has 112 valence electrons. The van der Waals surface area contributed by atoms with E-state index in [1.54, 1.807) is 0 Å². The van der Waals surface area contributed by atoms with Gasteiger partial charge in [0.15, 0.2) is 0 Å². The molecule has 3 heteroatoms. The summed E-state index contributed by atoms with van der Waals surface area (Å²) in [4.78, 5) is 0.492. The Morgan fingerprint density at radius 2 is 2.10 bits per heavy atom. The summed E-state index contributed by atoms with van der Waals surface area (Å²) in [5, 5.41) is 11.4. The fraction of sp³-hybridized carbons (Fsp3) is 0.647. The molecule has 20 heavy (non-hydrogen) atoms. The minimum absolute atomic E-state index is 0.00327. The van der Waals surface area contributed by atoms with Gasteiger partial charge < -0.3 is 14.7 Å². The van der Waals surface area contributed by atoms with E-state index in [9.17, 15) is 5.11 Å². The lowest BCUT2D eigenvalue weighted by molar-refractivity contribution is -0.0277. The van der Waals surface area contributed by atoms with Crippen molar-refractivity contribution < 1.29 is 22.2 Å². The molecule has 1 aliphatic rings. The average molecular weight is 286 g/mol. The van der Waals surface area contributed by atoms with Crippen LogP contribution in [0.4, 0.5) is 0 Å². The zero-order valence-electron chi connectivity index (χ0n) is 20.6. The number of aliphatic hydroxyl groups is 1. The zero-order chi connectivity index (χ0) is 22.3. The summed E-state index contributed by atoms with van der Waals surface area (Å²) in [6.45, 7) is -5.60. The number of hydrogen-bond acceptors (Lipinski definition) is 3. The summed E-state index contributed by atoms with van der Waals surface area (Å²) in [5.41, 5.74) is -1.76. The van der Waals surface area contributed by atoms with Crippen LogP contribution in [0.2, 0.25) is 0 Å². The van der Waals surface area contributed by atoms with Crippen LogP contribution in [0.15, 0.2) is 24.3 Å². The molecule has 0 bridgehead atoms. The molecular weight excluding hydrogens is 250 g/mol. The molecule has 0 aliphatic heterocycles. The molecule has 1 fully saturated rings. The molecule has 0 unspecified atom stereocenters. The number of methoxy groups -OCH3 is 1. The molecule has 0 radical (unpaired) electrons. The lowest BCUT2D eigenvalue weighted by Crippen LogP contribution is -2.42. The van der Waals surface area contributed by atoms with Gasteiger partial charge in [-0.2, -0.15) is 0 Å². The van der Waals surface area contributed by atoms with E-state index in [1.807, 2.05) is 0 Å². The lowest BCUT2D eigenvalue weighted by atomic mass is 9.72. The van der Waals surface area contributed by atoms with Crippen molar-refractivity contribution in [3.8, 4) is 5.75 Å². The van der Waals surface area contributed by atoms with Crippen LogP contribution in [-0.2, 0) is 0 Å². The van der Waals surface area contributed by atoms with Crippen molar-refractivity contribution >= 4 is 0 Å². The molecular formula is C17H27NO2. The van der Waals surface area contributed by atoms with E-state index in [2.05, 4.69) is 0 Å². The van der Waals surface area contributed by atoms with Gasteiger partial charge in [-0.15, -0.1) is 0 Å². The fourth-order valence-corrected chi connectivity index (χ4v) is 2.68. The van der Waals surface area contributed by atoms with E-state index < -0.39 is 32.0 Å². The van der Waals surface area contributed by atoms with E-state index in [1.165, 1.54) is 24.3 Å². The highest BCUT2D eigenvalue weighted by Gasteiger charge is 2.38. The van der Waals surface area contributed by atoms with Gasteiger partial charge in [-0.25, -0.2) is 0 Å². The van der Waals surface area contributed by atoms with Gasteiger partial charge in [0.05, 0.1) is 16.8 Å². The van der Waals surface area contributed by atoms with Crippen LogP contribution in [0.3, 0.4) is 0 Å². The van der Waals surface area contributed by atoms with Crippen molar-refractivity contribution in [2.24, 2.45) is 0 Å². The minimum Gasteiger partial charge on any atom is -0.497 e. The predicted molar refractivity (Wildman–Crippen MR) is 82.3 cm³/mol. The van der Waals surface area contributed by atoms with Crippen molar-refractivity contribution in [3.63, 3.8) is 0 Å².